The van der Waals surface area contributed by atoms with Gasteiger partial charge in [-0.1, -0.05) is 78.9 Å². The van der Waals surface area contributed by atoms with Crippen LogP contribution in [-0.2, 0) is 0 Å². The maximum atomic E-state index is 15.9. The average Bonchev–Trinajstić information content (AvgIpc) is 3.61. The summed E-state index contributed by atoms with van der Waals surface area (Å²) in [6, 6.07) is 27.6. The van der Waals surface area contributed by atoms with Gasteiger partial charge >= 0.3 is 0 Å². The highest BCUT2D eigenvalue weighted by Gasteiger charge is 2.35. The van der Waals surface area contributed by atoms with Crippen LogP contribution in [0, 0.1) is 0 Å². The van der Waals surface area contributed by atoms with E-state index in [0.717, 1.165) is 11.3 Å². The minimum Gasteiger partial charge on any atom is -0.325 e. The second kappa shape index (κ2) is 9.26. The van der Waals surface area contributed by atoms with Crippen molar-refractivity contribution in [3.05, 3.63) is 144 Å². The van der Waals surface area contributed by atoms with Crippen LogP contribution in [0.2, 0.25) is 0 Å². The van der Waals surface area contributed by atoms with Gasteiger partial charge in [-0.15, -0.1) is 0 Å². The second-order valence-electron chi connectivity index (χ2n) is 8.67. The predicted octanol–water partition coefficient (Wildman–Crippen LogP) is 6.31. The molecule has 0 fully saturated rings. The number of para-hydroxylation sites is 1. The SMILES string of the molecule is FC(c1ccccc1)N1C=C2N=C(c3cnn(-c4ccccc4)c3)C=C2N(C(F)c2ccccc2)C1. The predicted molar refractivity (Wildman–Crippen MR) is 135 cm³/mol. The van der Waals surface area contributed by atoms with Crippen LogP contribution in [0.3, 0.4) is 0 Å². The first-order valence-corrected chi connectivity index (χ1v) is 11.7. The third kappa shape index (κ3) is 4.09. The Labute approximate surface area is 207 Å². The van der Waals surface area contributed by atoms with E-state index in [1.54, 1.807) is 70.5 Å². The molecular formula is C29H23F2N5. The van der Waals surface area contributed by atoms with Crippen LogP contribution in [-0.4, -0.2) is 32.0 Å². The number of nitrogens with zero attached hydrogens (tertiary/aromatic N) is 5. The van der Waals surface area contributed by atoms with Gasteiger partial charge in [0.1, 0.15) is 5.70 Å². The molecule has 2 aliphatic heterocycles. The summed E-state index contributed by atoms with van der Waals surface area (Å²) in [6.45, 7) is 0.0353. The van der Waals surface area contributed by atoms with Gasteiger partial charge in [0.15, 0.2) is 12.6 Å². The quantitative estimate of drug-likeness (QED) is 0.304. The van der Waals surface area contributed by atoms with Crippen LogP contribution in [0.15, 0.2) is 132 Å². The van der Waals surface area contributed by atoms with Crippen LogP contribution < -0.4 is 0 Å². The maximum absolute atomic E-state index is 15.9. The molecule has 0 saturated carbocycles. The Morgan fingerprint density at radius 2 is 1.36 bits per heavy atom. The first-order chi connectivity index (χ1) is 17.7. The molecule has 4 aromatic rings. The number of rotatable bonds is 6. The van der Waals surface area contributed by atoms with Crippen molar-refractivity contribution in [2.45, 2.75) is 12.6 Å². The lowest BCUT2D eigenvalue weighted by molar-refractivity contribution is 0.0161. The molecule has 0 amide bonds. The largest absolute Gasteiger partial charge is 0.325 e. The molecule has 6 rings (SSSR count). The van der Waals surface area contributed by atoms with E-state index >= 15 is 8.78 Å². The number of aromatic nitrogens is 2. The van der Waals surface area contributed by atoms with Gasteiger partial charge in [0.2, 0.25) is 0 Å². The van der Waals surface area contributed by atoms with E-state index in [1.807, 2.05) is 54.7 Å². The van der Waals surface area contributed by atoms with Crippen molar-refractivity contribution in [3.8, 4) is 5.69 Å². The van der Waals surface area contributed by atoms with Gasteiger partial charge in [-0.3, -0.25) is 0 Å². The molecule has 2 unspecified atom stereocenters. The van der Waals surface area contributed by atoms with Gasteiger partial charge in [-0.2, -0.15) is 5.10 Å². The summed E-state index contributed by atoms with van der Waals surface area (Å²) < 4.78 is 33.2. The Kier molecular flexibility index (Phi) is 5.65. The van der Waals surface area contributed by atoms with Crippen molar-refractivity contribution in [1.29, 1.82) is 0 Å². The van der Waals surface area contributed by atoms with Crippen molar-refractivity contribution in [1.82, 2.24) is 19.6 Å². The van der Waals surface area contributed by atoms with E-state index in [2.05, 4.69) is 5.10 Å². The number of benzene rings is 3. The highest BCUT2D eigenvalue weighted by Crippen LogP contribution is 2.39. The van der Waals surface area contributed by atoms with Crippen molar-refractivity contribution in [2.24, 2.45) is 4.99 Å². The molecule has 2 atom stereocenters. The van der Waals surface area contributed by atoms with E-state index in [-0.39, 0.29) is 6.67 Å². The molecule has 0 saturated heterocycles. The van der Waals surface area contributed by atoms with Crippen molar-refractivity contribution < 1.29 is 8.78 Å². The molecule has 36 heavy (non-hydrogen) atoms. The zero-order chi connectivity index (χ0) is 24.5. The molecule has 2 aliphatic rings. The van der Waals surface area contributed by atoms with E-state index < -0.39 is 12.6 Å². The first-order valence-electron chi connectivity index (χ1n) is 11.7. The van der Waals surface area contributed by atoms with Gasteiger partial charge in [0.25, 0.3) is 0 Å². The monoisotopic (exact) mass is 479 g/mol. The summed E-state index contributed by atoms with van der Waals surface area (Å²) in [5, 5.41) is 4.46. The topological polar surface area (TPSA) is 36.7 Å². The molecule has 5 nitrogen and oxygen atoms in total. The Balaban J connectivity index is 1.37. The second-order valence-corrected chi connectivity index (χ2v) is 8.67. The summed E-state index contributed by atoms with van der Waals surface area (Å²) in [7, 11) is 0. The molecule has 7 heteroatoms. The molecule has 178 valence electrons. The fourth-order valence-corrected chi connectivity index (χ4v) is 4.45. The molecule has 0 radical (unpaired) electrons. The minimum atomic E-state index is -1.46. The number of fused-ring (bicyclic) bond motifs is 1. The number of aliphatic imine (C=N–C) groups is 1. The molecule has 0 spiro atoms. The molecule has 0 N–H and O–H groups in total. The smallest absolute Gasteiger partial charge is 0.199 e. The summed E-state index contributed by atoms with van der Waals surface area (Å²) in [5.74, 6) is 0. The Bertz CT molecular complexity index is 1440. The van der Waals surface area contributed by atoms with E-state index in [9.17, 15) is 0 Å². The Morgan fingerprint density at radius 1 is 0.750 bits per heavy atom. The van der Waals surface area contributed by atoms with Gasteiger partial charge in [0, 0.05) is 29.1 Å². The number of hydrogen-bond acceptors (Lipinski definition) is 4. The molecule has 0 bridgehead atoms. The molecule has 1 aromatic heterocycles. The third-order valence-electron chi connectivity index (χ3n) is 6.30. The lowest BCUT2D eigenvalue weighted by Gasteiger charge is -2.39. The number of alkyl halides is 2. The van der Waals surface area contributed by atoms with Crippen LogP contribution >= 0.6 is 0 Å². The van der Waals surface area contributed by atoms with Crippen LogP contribution in [0.1, 0.15) is 29.3 Å². The Morgan fingerprint density at radius 3 is 2.03 bits per heavy atom. The van der Waals surface area contributed by atoms with Crippen molar-refractivity contribution >= 4 is 5.71 Å². The van der Waals surface area contributed by atoms with Gasteiger partial charge in [-0.05, 0) is 18.2 Å². The number of allylic oxidation sites excluding steroid dienone is 1. The summed E-state index contributed by atoms with van der Waals surface area (Å²) in [5.41, 5.74) is 4.51. The fourth-order valence-electron chi connectivity index (χ4n) is 4.45. The average molecular weight is 480 g/mol. The van der Waals surface area contributed by atoms with Crippen LogP contribution in [0.25, 0.3) is 5.69 Å². The minimum absolute atomic E-state index is 0.0353. The Hall–Kier alpha value is -4.52. The lowest BCUT2D eigenvalue weighted by Crippen LogP contribution is -2.40. The van der Waals surface area contributed by atoms with Gasteiger partial charge in [-0.25, -0.2) is 18.5 Å². The first kappa shape index (κ1) is 22.0. The molecule has 0 aliphatic carbocycles. The van der Waals surface area contributed by atoms with Crippen LogP contribution in [0.4, 0.5) is 8.78 Å². The zero-order valence-electron chi connectivity index (χ0n) is 19.3. The molecule has 3 heterocycles. The highest BCUT2D eigenvalue weighted by atomic mass is 19.1. The number of hydrogen-bond donors (Lipinski definition) is 0. The van der Waals surface area contributed by atoms with Gasteiger partial charge in [0.05, 0.1) is 30.0 Å². The zero-order valence-corrected chi connectivity index (χ0v) is 19.3. The third-order valence-corrected chi connectivity index (χ3v) is 6.30. The standard InChI is InChI=1S/C29H23F2N5/c30-28(21-10-4-1-5-11-21)34-19-26-27(35(20-34)29(31)22-12-6-2-7-13-22)16-25(33-26)23-17-32-36(18-23)24-14-8-3-9-15-24/h1-19,28-29H,20H2. The van der Waals surface area contributed by atoms with Crippen molar-refractivity contribution in [2.75, 3.05) is 6.67 Å². The van der Waals surface area contributed by atoms with E-state index in [4.69, 9.17) is 4.99 Å². The molecular weight excluding hydrogens is 456 g/mol. The maximum Gasteiger partial charge on any atom is 0.199 e. The lowest BCUT2D eigenvalue weighted by atomic mass is 10.1. The summed E-state index contributed by atoms with van der Waals surface area (Å²) in [4.78, 5) is 7.79. The number of halogens is 2. The molecule has 3 aromatic carbocycles. The van der Waals surface area contributed by atoms with Crippen molar-refractivity contribution in [3.63, 3.8) is 0 Å². The summed E-state index contributed by atoms with van der Waals surface area (Å²) in [6.07, 6.45) is 4.23. The summed E-state index contributed by atoms with van der Waals surface area (Å²) >= 11 is 0. The fraction of sp³-hybridized carbons (Fsp3) is 0.103. The normalized spacial score (nSPS) is 16.7. The van der Waals surface area contributed by atoms with E-state index in [0.29, 0.717) is 28.2 Å². The highest BCUT2D eigenvalue weighted by molar-refractivity contribution is 6.11. The van der Waals surface area contributed by atoms with E-state index in [1.165, 1.54) is 4.90 Å². The van der Waals surface area contributed by atoms with Gasteiger partial charge < -0.3 is 9.80 Å². The van der Waals surface area contributed by atoms with Crippen LogP contribution in [0.5, 0.6) is 0 Å².